The second-order valence-corrected chi connectivity index (χ2v) is 10.2. The Balaban J connectivity index is 1.27. The van der Waals surface area contributed by atoms with Gasteiger partial charge in [-0.05, 0) is 78.4 Å². The number of hydrogen-bond acceptors (Lipinski definition) is 10. The van der Waals surface area contributed by atoms with Crippen LogP contribution in [0.2, 0.25) is 0 Å². The highest BCUT2D eigenvalue weighted by Gasteiger charge is 2.13. The molecule has 0 spiro atoms. The lowest BCUT2D eigenvalue weighted by molar-refractivity contribution is -0.150. The summed E-state index contributed by atoms with van der Waals surface area (Å²) in [5, 5.41) is 8.94. The normalized spacial score (nSPS) is 11.0. The monoisotopic (exact) mass is 627 g/mol. The first-order valence-electron chi connectivity index (χ1n) is 15.0. The molecule has 0 saturated carbocycles. The Labute approximate surface area is 268 Å². The molecule has 0 N–H and O–H groups in total. The number of esters is 4. The van der Waals surface area contributed by atoms with Gasteiger partial charge in [-0.15, -0.1) is 0 Å². The highest BCUT2D eigenvalue weighted by atomic mass is 16.5. The molecule has 10 nitrogen and oxygen atoms in total. The second-order valence-electron chi connectivity index (χ2n) is 10.2. The van der Waals surface area contributed by atoms with Crippen molar-refractivity contribution in [1.82, 2.24) is 0 Å². The maximum atomic E-state index is 12.6. The maximum Gasteiger partial charge on any atom is 0.343 e. The average Bonchev–Trinajstić information content (AvgIpc) is 3.09. The largest absolute Gasteiger partial charge is 0.493 e. The van der Waals surface area contributed by atoms with Crippen LogP contribution in [0.5, 0.6) is 11.5 Å². The molecule has 0 saturated heterocycles. The standard InChI is InChI=1S/C36H37NO9/c1-3-26(25-45-33(38)4-2)20-23-44-35(40)19-18-34(39)43-22-5-21-42-31-14-12-30(13-15-31)36(41)46-32-16-10-29(11-17-32)28-8-6-27(24-37)7-9-28/h4,6-17,26H,2-3,5,18-23,25H2,1H3. The molecule has 1 atom stereocenters. The zero-order valence-corrected chi connectivity index (χ0v) is 25.8. The number of benzene rings is 3. The van der Waals surface area contributed by atoms with Crippen LogP contribution in [0.4, 0.5) is 0 Å². The van der Waals surface area contributed by atoms with Crippen LogP contribution in [0.1, 0.15) is 54.9 Å². The van der Waals surface area contributed by atoms with Crippen molar-refractivity contribution in [3.8, 4) is 28.7 Å². The van der Waals surface area contributed by atoms with Gasteiger partial charge in [0.25, 0.3) is 0 Å². The minimum Gasteiger partial charge on any atom is -0.493 e. The van der Waals surface area contributed by atoms with Crippen molar-refractivity contribution in [3.63, 3.8) is 0 Å². The maximum absolute atomic E-state index is 12.6. The minimum atomic E-state index is -0.509. The number of rotatable bonds is 18. The fraction of sp³-hybridized carbons (Fsp3) is 0.306. The third kappa shape index (κ3) is 12.3. The molecule has 1 unspecified atom stereocenters. The molecule has 3 aromatic carbocycles. The molecule has 0 bridgehead atoms. The minimum absolute atomic E-state index is 0.0653. The molecule has 10 heteroatoms. The summed E-state index contributed by atoms with van der Waals surface area (Å²) in [6.45, 7) is 6.12. The van der Waals surface area contributed by atoms with E-state index in [0.29, 0.717) is 35.5 Å². The molecule has 0 radical (unpaired) electrons. The van der Waals surface area contributed by atoms with Crippen LogP contribution < -0.4 is 9.47 Å². The number of nitriles is 1. The fourth-order valence-electron chi connectivity index (χ4n) is 4.09. The molecule has 0 heterocycles. The van der Waals surface area contributed by atoms with Gasteiger partial charge in [-0.2, -0.15) is 5.26 Å². The lowest BCUT2D eigenvalue weighted by atomic mass is 10.0. The van der Waals surface area contributed by atoms with E-state index in [9.17, 15) is 19.2 Å². The van der Waals surface area contributed by atoms with Crippen molar-refractivity contribution >= 4 is 23.9 Å². The van der Waals surface area contributed by atoms with E-state index in [-0.39, 0.29) is 45.2 Å². The Morgan fingerprint density at radius 1 is 0.783 bits per heavy atom. The second kappa shape index (κ2) is 19.1. The Hall–Kier alpha value is -5.43. The Kier molecular flexibility index (Phi) is 14.5. The van der Waals surface area contributed by atoms with E-state index in [2.05, 4.69) is 12.6 Å². The van der Waals surface area contributed by atoms with Crippen LogP contribution in [0.25, 0.3) is 11.1 Å². The molecule has 3 rings (SSSR count). The van der Waals surface area contributed by atoms with Crippen molar-refractivity contribution in [2.24, 2.45) is 5.92 Å². The van der Waals surface area contributed by atoms with Gasteiger partial charge >= 0.3 is 23.9 Å². The van der Waals surface area contributed by atoms with Crippen molar-refractivity contribution < 1.29 is 42.9 Å². The van der Waals surface area contributed by atoms with Gasteiger partial charge in [0, 0.05) is 12.5 Å². The summed E-state index contributed by atoms with van der Waals surface area (Å²) in [4.78, 5) is 47.6. The molecule has 240 valence electrons. The van der Waals surface area contributed by atoms with Gasteiger partial charge < -0.3 is 23.7 Å². The third-order valence-electron chi connectivity index (χ3n) is 6.85. The molecule has 0 aliphatic rings. The van der Waals surface area contributed by atoms with Crippen LogP contribution in [0.15, 0.2) is 85.5 Å². The van der Waals surface area contributed by atoms with E-state index < -0.39 is 23.9 Å². The van der Waals surface area contributed by atoms with Crippen LogP contribution in [-0.2, 0) is 28.6 Å². The van der Waals surface area contributed by atoms with E-state index in [1.54, 1.807) is 48.5 Å². The van der Waals surface area contributed by atoms with E-state index in [1.807, 2.05) is 31.2 Å². The van der Waals surface area contributed by atoms with E-state index in [0.717, 1.165) is 23.6 Å². The number of ether oxygens (including phenoxy) is 5. The van der Waals surface area contributed by atoms with Crippen LogP contribution in [-0.4, -0.2) is 50.3 Å². The summed E-state index contributed by atoms with van der Waals surface area (Å²) in [5.74, 6) is -0.993. The highest BCUT2D eigenvalue weighted by molar-refractivity contribution is 5.91. The molecule has 0 fully saturated rings. The molecular weight excluding hydrogens is 590 g/mol. The lowest BCUT2D eigenvalue weighted by Gasteiger charge is -2.14. The van der Waals surface area contributed by atoms with Crippen molar-refractivity contribution in [1.29, 1.82) is 5.26 Å². The summed E-state index contributed by atoms with van der Waals surface area (Å²) in [7, 11) is 0. The van der Waals surface area contributed by atoms with Gasteiger partial charge in [0.2, 0.25) is 0 Å². The molecule has 0 aliphatic carbocycles. The number of carbonyl (C=O) groups is 4. The Morgan fingerprint density at radius 2 is 1.37 bits per heavy atom. The summed E-state index contributed by atoms with van der Waals surface area (Å²) in [5.41, 5.74) is 2.82. The van der Waals surface area contributed by atoms with Crippen LogP contribution in [0.3, 0.4) is 0 Å². The topological polar surface area (TPSA) is 138 Å². The van der Waals surface area contributed by atoms with Gasteiger partial charge in [-0.3, -0.25) is 9.59 Å². The average molecular weight is 628 g/mol. The number of hydrogen-bond donors (Lipinski definition) is 0. The molecule has 0 amide bonds. The smallest absolute Gasteiger partial charge is 0.343 e. The van der Waals surface area contributed by atoms with E-state index >= 15 is 0 Å². The first-order chi connectivity index (χ1) is 22.3. The predicted molar refractivity (Wildman–Crippen MR) is 169 cm³/mol. The van der Waals surface area contributed by atoms with Crippen LogP contribution >= 0.6 is 0 Å². The van der Waals surface area contributed by atoms with Crippen LogP contribution in [0, 0.1) is 17.2 Å². The van der Waals surface area contributed by atoms with Gasteiger partial charge in [0.1, 0.15) is 11.5 Å². The molecule has 0 aromatic heterocycles. The summed E-state index contributed by atoms with van der Waals surface area (Å²) in [6, 6.07) is 22.9. The Bertz CT molecular complexity index is 1490. The third-order valence-corrected chi connectivity index (χ3v) is 6.85. The zero-order valence-electron chi connectivity index (χ0n) is 25.8. The van der Waals surface area contributed by atoms with Crippen molar-refractivity contribution in [3.05, 3.63) is 96.6 Å². The predicted octanol–water partition coefficient (Wildman–Crippen LogP) is 6.23. The van der Waals surface area contributed by atoms with E-state index in [1.165, 1.54) is 0 Å². The number of nitrogens with zero attached hydrogens (tertiary/aromatic N) is 1. The molecular formula is C36H37NO9. The van der Waals surface area contributed by atoms with Gasteiger partial charge in [-0.1, -0.05) is 37.8 Å². The lowest BCUT2D eigenvalue weighted by Crippen LogP contribution is -2.16. The first kappa shape index (κ1) is 35.1. The van der Waals surface area contributed by atoms with E-state index in [4.69, 9.17) is 28.9 Å². The Morgan fingerprint density at radius 3 is 1.96 bits per heavy atom. The summed E-state index contributed by atoms with van der Waals surface area (Å²) < 4.78 is 26.5. The number of carbonyl (C=O) groups excluding carboxylic acids is 4. The zero-order chi connectivity index (χ0) is 33.1. The van der Waals surface area contributed by atoms with Crippen molar-refractivity contribution in [2.75, 3.05) is 26.4 Å². The van der Waals surface area contributed by atoms with Crippen molar-refractivity contribution in [2.45, 2.75) is 39.0 Å². The first-order valence-corrected chi connectivity index (χ1v) is 15.0. The van der Waals surface area contributed by atoms with Gasteiger partial charge in [0.15, 0.2) is 0 Å². The highest BCUT2D eigenvalue weighted by Crippen LogP contribution is 2.24. The van der Waals surface area contributed by atoms with Gasteiger partial charge in [0.05, 0.1) is 56.5 Å². The fourth-order valence-corrected chi connectivity index (χ4v) is 4.09. The molecule has 3 aromatic rings. The molecule has 46 heavy (non-hydrogen) atoms. The summed E-state index contributed by atoms with van der Waals surface area (Å²) in [6.07, 6.45) is 2.66. The summed E-state index contributed by atoms with van der Waals surface area (Å²) >= 11 is 0. The molecule has 0 aliphatic heterocycles. The SMILES string of the molecule is C=CC(=O)OCC(CC)CCOC(=O)CCC(=O)OCCCOc1ccc(C(=O)Oc2ccc(-c3ccc(C#N)cc3)cc2)cc1. The van der Waals surface area contributed by atoms with Gasteiger partial charge in [-0.25, -0.2) is 9.59 Å². The quantitative estimate of drug-likeness (QED) is 0.0525.